The maximum atomic E-state index is 15.3. The van der Waals surface area contributed by atoms with E-state index in [2.05, 4.69) is 72.8 Å². The number of hydrogen-bond acceptors (Lipinski definition) is 0. The molecule has 0 aliphatic heterocycles. The largest absolute Gasteiger partial charge is 0.207 e. The van der Waals surface area contributed by atoms with Crippen LogP contribution in [-0.2, 0) is 5.41 Å². The van der Waals surface area contributed by atoms with Crippen molar-refractivity contribution >= 4 is 0 Å². The van der Waals surface area contributed by atoms with Gasteiger partial charge < -0.3 is 0 Å². The van der Waals surface area contributed by atoms with Crippen molar-refractivity contribution in [2.45, 2.75) is 5.41 Å². The van der Waals surface area contributed by atoms with Crippen LogP contribution < -0.4 is 0 Å². The topological polar surface area (TPSA) is 0 Å². The SMILES string of the molecule is Fc1cccc2c1C1(c3ccccc3-c3ccccc31)c1ccccc1-2. The van der Waals surface area contributed by atoms with Crippen molar-refractivity contribution in [1.82, 2.24) is 0 Å². The molecule has 2 aliphatic rings. The van der Waals surface area contributed by atoms with Gasteiger partial charge in [-0.25, -0.2) is 4.39 Å². The van der Waals surface area contributed by atoms with E-state index in [1.165, 1.54) is 27.8 Å². The highest BCUT2D eigenvalue weighted by atomic mass is 19.1. The summed E-state index contributed by atoms with van der Waals surface area (Å²) in [5, 5.41) is 0. The summed E-state index contributed by atoms with van der Waals surface area (Å²) in [6.45, 7) is 0. The van der Waals surface area contributed by atoms with Crippen molar-refractivity contribution in [3.8, 4) is 22.3 Å². The first-order valence-electron chi connectivity index (χ1n) is 8.92. The molecule has 0 aromatic heterocycles. The van der Waals surface area contributed by atoms with Gasteiger partial charge in [-0.1, -0.05) is 84.9 Å². The second-order valence-corrected chi connectivity index (χ2v) is 7.05. The molecular formula is C25H15F. The molecule has 0 saturated heterocycles. The fourth-order valence-electron chi connectivity index (χ4n) is 5.10. The standard InChI is InChI=1S/C25H15F/c26-23-15-7-11-19-18-10-3-6-14-22(18)25(24(19)23)20-12-4-1-8-16(20)17-9-2-5-13-21(17)25/h1-15H. The first-order valence-corrected chi connectivity index (χ1v) is 8.92. The minimum absolute atomic E-state index is 0.134. The molecule has 122 valence electrons. The molecule has 0 amide bonds. The molecule has 2 aliphatic carbocycles. The molecule has 6 rings (SSSR count). The Morgan fingerprint density at radius 1 is 0.462 bits per heavy atom. The lowest BCUT2D eigenvalue weighted by molar-refractivity contribution is 0.591. The third-order valence-electron chi connectivity index (χ3n) is 5.96. The molecule has 0 unspecified atom stereocenters. The molecule has 0 radical (unpaired) electrons. The zero-order valence-corrected chi connectivity index (χ0v) is 14.0. The highest BCUT2D eigenvalue weighted by Gasteiger charge is 2.52. The summed E-state index contributed by atoms with van der Waals surface area (Å²) in [4.78, 5) is 0. The minimum atomic E-state index is -0.565. The van der Waals surface area contributed by atoms with Crippen LogP contribution in [0.1, 0.15) is 22.3 Å². The monoisotopic (exact) mass is 334 g/mol. The van der Waals surface area contributed by atoms with Crippen LogP contribution >= 0.6 is 0 Å². The van der Waals surface area contributed by atoms with Gasteiger partial charge in [0.25, 0.3) is 0 Å². The number of halogens is 1. The third kappa shape index (κ3) is 1.42. The summed E-state index contributed by atoms with van der Waals surface area (Å²) in [6.07, 6.45) is 0. The van der Waals surface area contributed by atoms with E-state index >= 15 is 4.39 Å². The predicted molar refractivity (Wildman–Crippen MR) is 103 cm³/mol. The molecule has 0 bridgehead atoms. The molecule has 0 nitrogen and oxygen atoms in total. The first-order chi connectivity index (χ1) is 12.8. The van der Waals surface area contributed by atoms with E-state index in [9.17, 15) is 0 Å². The van der Waals surface area contributed by atoms with E-state index in [1.54, 1.807) is 6.07 Å². The molecule has 0 fully saturated rings. The summed E-state index contributed by atoms with van der Waals surface area (Å²) < 4.78 is 15.3. The second kappa shape index (κ2) is 4.70. The van der Waals surface area contributed by atoms with Crippen LogP contribution in [0.3, 0.4) is 0 Å². The Kier molecular flexibility index (Phi) is 2.54. The van der Waals surface area contributed by atoms with Crippen molar-refractivity contribution in [1.29, 1.82) is 0 Å². The Morgan fingerprint density at radius 3 is 1.42 bits per heavy atom. The van der Waals surface area contributed by atoms with Crippen molar-refractivity contribution in [3.63, 3.8) is 0 Å². The Morgan fingerprint density at radius 2 is 0.885 bits per heavy atom. The number of rotatable bonds is 0. The van der Waals surface area contributed by atoms with Crippen LogP contribution in [0.25, 0.3) is 22.3 Å². The van der Waals surface area contributed by atoms with E-state index in [0.29, 0.717) is 0 Å². The van der Waals surface area contributed by atoms with Crippen LogP contribution in [0, 0.1) is 5.82 Å². The Labute approximate surface area is 151 Å². The van der Waals surface area contributed by atoms with Crippen LogP contribution in [0.4, 0.5) is 4.39 Å². The average Bonchev–Trinajstić information content (AvgIpc) is 3.16. The first kappa shape index (κ1) is 14.0. The number of hydrogen-bond donors (Lipinski definition) is 0. The minimum Gasteiger partial charge on any atom is -0.207 e. The lowest BCUT2D eigenvalue weighted by atomic mass is 9.70. The zero-order valence-electron chi connectivity index (χ0n) is 14.0. The highest BCUT2D eigenvalue weighted by molar-refractivity contribution is 5.94. The van der Waals surface area contributed by atoms with Gasteiger partial charge in [0.05, 0.1) is 5.41 Å². The number of fused-ring (bicyclic) bond motifs is 10. The normalized spacial score (nSPS) is 14.7. The van der Waals surface area contributed by atoms with Crippen LogP contribution in [0.2, 0.25) is 0 Å². The molecular weight excluding hydrogens is 319 g/mol. The Hall–Kier alpha value is -3.19. The third-order valence-corrected chi connectivity index (χ3v) is 5.96. The smallest absolute Gasteiger partial charge is 0.128 e. The fraction of sp³-hybridized carbons (Fsp3) is 0.0400. The van der Waals surface area contributed by atoms with Crippen LogP contribution in [0.5, 0.6) is 0 Å². The van der Waals surface area contributed by atoms with E-state index in [1.807, 2.05) is 12.1 Å². The van der Waals surface area contributed by atoms with E-state index in [4.69, 9.17) is 0 Å². The lowest BCUT2D eigenvalue weighted by Gasteiger charge is -2.30. The zero-order chi connectivity index (χ0) is 17.3. The van der Waals surface area contributed by atoms with E-state index < -0.39 is 5.41 Å². The Balaban J connectivity index is 1.90. The molecule has 4 aromatic carbocycles. The summed E-state index contributed by atoms with van der Waals surface area (Å²) in [5.74, 6) is -0.134. The molecule has 26 heavy (non-hydrogen) atoms. The molecule has 0 saturated carbocycles. The highest BCUT2D eigenvalue weighted by Crippen LogP contribution is 2.62. The van der Waals surface area contributed by atoms with Gasteiger partial charge in [0, 0.05) is 5.56 Å². The second-order valence-electron chi connectivity index (χ2n) is 7.05. The van der Waals surface area contributed by atoms with E-state index in [0.717, 1.165) is 16.7 Å². The Bertz CT molecular complexity index is 1140. The van der Waals surface area contributed by atoms with Crippen molar-refractivity contribution in [2.24, 2.45) is 0 Å². The lowest BCUT2D eigenvalue weighted by Crippen LogP contribution is -2.27. The maximum absolute atomic E-state index is 15.3. The maximum Gasteiger partial charge on any atom is 0.128 e. The van der Waals surface area contributed by atoms with Crippen molar-refractivity contribution in [2.75, 3.05) is 0 Å². The molecule has 0 N–H and O–H groups in total. The van der Waals surface area contributed by atoms with Gasteiger partial charge in [-0.15, -0.1) is 0 Å². The molecule has 4 aromatic rings. The van der Waals surface area contributed by atoms with Gasteiger partial charge in [-0.2, -0.15) is 0 Å². The van der Waals surface area contributed by atoms with Crippen LogP contribution in [-0.4, -0.2) is 0 Å². The molecule has 1 heteroatoms. The average molecular weight is 334 g/mol. The van der Waals surface area contributed by atoms with Gasteiger partial charge in [-0.3, -0.25) is 0 Å². The molecule has 0 heterocycles. The molecule has 0 atom stereocenters. The van der Waals surface area contributed by atoms with Gasteiger partial charge in [0.2, 0.25) is 0 Å². The predicted octanol–water partition coefficient (Wildman–Crippen LogP) is 6.17. The van der Waals surface area contributed by atoms with E-state index in [-0.39, 0.29) is 5.82 Å². The summed E-state index contributed by atoms with van der Waals surface area (Å²) >= 11 is 0. The molecule has 1 spiro atoms. The van der Waals surface area contributed by atoms with Crippen molar-refractivity contribution < 1.29 is 4.39 Å². The fourth-order valence-corrected chi connectivity index (χ4v) is 5.10. The summed E-state index contributed by atoms with van der Waals surface area (Å²) in [7, 11) is 0. The summed E-state index contributed by atoms with van der Waals surface area (Å²) in [6, 6.07) is 30.7. The van der Waals surface area contributed by atoms with Crippen molar-refractivity contribution in [3.05, 3.63) is 119 Å². The summed E-state index contributed by atoms with van der Waals surface area (Å²) in [5.41, 5.74) is 8.31. The van der Waals surface area contributed by atoms with Gasteiger partial charge in [0.1, 0.15) is 5.82 Å². The van der Waals surface area contributed by atoms with Gasteiger partial charge >= 0.3 is 0 Å². The quantitative estimate of drug-likeness (QED) is 0.312. The van der Waals surface area contributed by atoms with Crippen LogP contribution in [0.15, 0.2) is 91.0 Å². The van der Waals surface area contributed by atoms with Gasteiger partial charge in [0.15, 0.2) is 0 Å². The van der Waals surface area contributed by atoms with Gasteiger partial charge in [-0.05, 0) is 45.0 Å². The number of benzene rings is 4.